The average molecular weight is 344 g/mol. The third-order valence-electron chi connectivity index (χ3n) is 3.74. The number of benzene rings is 3. The van der Waals surface area contributed by atoms with Crippen molar-refractivity contribution >= 4 is 12.1 Å². The van der Waals surface area contributed by atoms with Gasteiger partial charge in [-0.2, -0.15) is 5.10 Å². The van der Waals surface area contributed by atoms with Crippen molar-refractivity contribution in [3.8, 4) is 5.75 Å². The van der Waals surface area contributed by atoms with E-state index in [1.54, 1.807) is 6.21 Å². The minimum Gasteiger partial charge on any atom is -0.489 e. The molecule has 0 radical (unpaired) electrons. The molecule has 4 heteroatoms. The van der Waals surface area contributed by atoms with E-state index in [-0.39, 0.29) is 5.91 Å². The molecule has 0 unspecified atom stereocenters. The lowest BCUT2D eigenvalue weighted by Crippen LogP contribution is -2.19. The summed E-state index contributed by atoms with van der Waals surface area (Å²) in [7, 11) is 0. The highest BCUT2D eigenvalue weighted by molar-refractivity contribution is 5.83. The molecule has 0 aliphatic carbocycles. The van der Waals surface area contributed by atoms with Crippen LogP contribution in [0.25, 0.3) is 0 Å². The van der Waals surface area contributed by atoms with Crippen molar-refractivity contribution in [1.82, 2.24) is 5.43 Å². The van der Waals surface area contributed by atoms with E-state index in [1.807, 2.05) is 84.9 Å². The van der Waals surface area contributed by atoms with E-state index in [2.05, 4.69) is 10.5 Å². The monoisotopic (exact) mass is 344 g/mol. The van der Waals surface area contributed by atoms with Crippen molar-refractivity contribution in [3.63, 3.8) is 0 Å². The maximum atomic E-state index is 11.8. The van der Waals surface area contributed by atoms with Crippen molar-refractivity contribution in [1.29, 1.82) is 0 Å². The molecule has 26 heavy (non-hydrogen) atoms. The van der Waals surface area contributed by atoms with Crippen LogP contribution < -0.4 is 10.2 Å². The molecular weight excluding hydrogens is 324 g/mol. The van der Waals surface area contributed by atoms with Gasteiger partial charge in [-0.15, -0.1) is 0 Å². The highest BCUT2D eigenvalue weighted by Gasteiger charge is 2.01. The van der Waals surface area contributed by atoms with Gasteiger partial charge in [0.1, 0.15) is 12.4 Å². The summed E-state index contributed by atoms with van der Waals surface area (Å²) < 4.78 is 5.74. The first-order valence-corrected chi connectivity index (χ1v) is 8.42. The number of nitrogens with one attached hydrogen (secondary N) is 1. The highest BCUT2D eigenvalue weighted by atomic mass is 16.5. The van der Waals surface area contributed by atoms with Crippen LogP contribution in [0, 0.1) is 0 Å². The van der Waals surface area contributed by atoms with Gasteiger partial charge < -0.3 is 4.74 Å². The fourth-order valence-electron chi connectivity index (χ4n) is 2.39. The Balaban J connectivity index is 1.46. The molecule has 0 spiro atoms. The molecule has 1 N–H and O–H groups in total. The van der Waals surface area contributed by atoms with Gasteiger partial charge in [0.2, 0.25) is 5.91 Å². The van der Waals surface area contributed by atoms with Crippen LogP contribution in [-0.2, 0) is 17.8 Å². The van der Waals surface area contributed by atoms with Crippen molar-refractivity contribution < 1.29 is 9.53 Å². The highest BCUT2D eigenvalue weighted by Crippen LogP contribution is 2.13. The molecule has 0 fully saturated rings. The second-order valence-corrected chi connectivity index (χ2v) is 5.80. The SMILES string of the molecule is O=C(Cc1ccccc1)NN=Cc1ccc(OCc2ccccc2)cc1. The number of rotatable bonds is 7. The van der Waals surface area contributed by atoms with Gasteiger partial charge in [-0.05, 0) is 41.0 Å². The maximum Gasteiger partial charge on any atom is 0.244 e. The smallest absolute Gasteiger partial charge is 0.244 e. The van der Waals surface area contributed by atoms with Crippen molar-refractivity contribution in [2.45, 2.75) is 13.0 Å². The Morgan fingerprint density at radius 1 is 0.846 bits per heavy atom. The minimum atomic E-state index is -0.143. The molecular formula is C22H20N2O2. The number of ether oxygens (including phenoxy) is 1. The zero-order chi connectivity index (χ0) is 18.0. The first-order valence-electron chi connectivity index (χ1n) is 8.42. The predicted molar refractivity (Wildman–Crippen MR) is 103 cm³/mol. The molecule has 3 aromatic carbocycles. The zero-order valence-electron chi connectivity index (χ0n) is 14.3. The van der Waals surface area contributed by atoms with E-state index in [4.69, 9.17) is 4.74 Å². The van der Waals surface area contributed by atoms with Crippen LogP contribution in [0.1, 0.15) is 16.7 Å². The van der Waals surface area contributed by atoms with Crippen LogP contribution in [0.4, 0.5) is 0 Å². The molecule has 0 heterocycles. The molecule has 0 aromatic heterocycles. The van der Waals surface area contributed by atoms with Gasteiger partial charge in [-0.3, -0.25) is 4.79 Å². The number of hydrazone groups is 1. The van der Waals surface area contributed by atoms with Crippen molar-refractivity contribution in [2.24, 2.45) is 5.10 Å². The number of amides is 1. The lowest BCUT2D eigenvalue weighted by Gasteiger charge is -2.06. The summed E-state index contributed by atoms with van der Waals surface area (Å²) in [6, 6.07) is 27.2. The fourth-order valence-corrected chi connectivity index (χ4v) is 2.39. The largest absolute Gasteiger partial charge is 0.489 e. The summed E-state index contributed by atoms with van der Waals surface area (Å²) in [6.07, 6.45) is 1.92. The second-order valence-electron chi connectivity index (χ2n) is 5.80. The first kappa shape index (κ1) is 17.4. The summed E-state index contributed by atoms with van der Waals surface area (Å²) in [6.45, 7) is 0.532. The molecule has 0 saturated carbocycles. The molecule has 130 valence electrons. The summed E-state index contributed by atoms with van der Waals surface area (Å²) in [5, 5.41) is 4.00. The predicted octanol–water partition coefficient (Wildman–Crippen LogP) is 3.96. The van der Waals surface area contributed by atoms with Crippen LogP contribution in [0.3, 0.4) is 0 Å². The van der Waals surface area contributed by atoms with Gasteiger partial charge in [0.25, 0.3) is 0 Å². The number of hydrogen-bond donors (Lipinski definition) is 1. The Hall–Kier alpha value is -3.40. The summed E-state index contributed by atoms with van der Waals surface area (Å²) in [5.74, 6) is 0.648. The fraction of sp³-hybridized carbons (Fsp3) is 0.0909. The standard InChI is InChI=1S/C22H20N2O2/c25-22(15-18-7-3-1-4-8-18)24-23-16-19-11-13-21(14-12-19)26-17-20-9-5-2-6-10-20/h1-14,16H,15,17H2,(H,24,25). The van der Waals surface area contributed by atoms with Gasteiger partial charge in [0.05, 0.1) is 12.6 Å². The normalized spacial score (nSPS) is 10.6. The second kappa shape index (κ2) is 9.18. The van der Waals surface area contributed by atoms with Crippen molar-refractivity contribution in [3.05, 3.63) is 102 Å². The van der Waals surface area contributed by atoms with E-state index < -0.39 is 0 Å². The molecule has 3 rings (SSSR count). The third kappa shape index (κ3) is 5.60. The van der Waals surface area contributed by atoms with Gasteiger partial charge in [-0.25, -0.2) is 5.43 Å². The summed E-state index contributed by atoms with van der Waals surface area (Å²) in [5.41, 5.74) is 5.51. The summed E-state index contributed by atoms with van der Waals surface area (Å²) in [4.78, 5) is 11.8. The van der Waals surface area contributed by atoms with E-state index >= 15 is 0 Å². The minimum absolute atomic E-state index is 0.143. The third-order valence-corrected chi connectivity index (χ3v) is 3.74. The molecule has 0 saturated heterocycles. The van der Waals surface area contributed by atoms with Crippen molar-refractivity contribution in [2.75, 3.05) is 0 Å². The number of carbonyl (C=O) groups excluding carboxylic acids is 1. The lowest BCUT2D eigenvalue weighted by atomic mass is 10.1. The van der Waals surface area contributed by atoms with Gasteiger partial charge in [0, 0.05) is 0 Å². The van der Waals surface area contributed by atoms with Crippen LogP contribution in [-0.4, -0.2) is 12.1 Å². The van der Waals surface area contributed by atoms with Gasteiger partial charge in [0.15, 0.2) is 0 Å². The number of carbonyl (C=O) groups is 1. The average Bonchev–Trinajstić information content (AvgIpc) is 2.69. The topological polar surface area (TPSA) is 50.7 Å². The summed E-state index contributed by atoms with van der Waals surface area (Å²) >= 11 is 0. The Kier molecular flexibility index (Phi) is 6.15. The first-order chi connectivity index (χ1) is 12.8. The quantitative estimate of drug-likeness (QED) is 0.521. The Morgan fingerprint density at radius 3 is 2.12 bits per heavy atom. The van der Waals surface area contributed by atoms with E-state index in [9.17, 15) is 4.79 Å². The molecule has 3 aromatic rings. The Labute approximate surface area is 153 Å². The van der Waals surface area contributed by atoms with E-state index in [0.29, 0.717) is 13.0 Å². The molecule has 4 nitrogen and oxygen atoms in total. The Morgan fingerprint density at radius 2 is 1.46 bits per heavy atom. The van der Waals surface area contributed by atoms with Crippen LogP contribution in [0.2, 0.25) is 0 Å². The molecule has 0 atom stereocenters. The van der Waals surface area contributed by atoms with E-state index in [0.717, 1.165) is 22.4 Å². The van der Waals surface area contributed by atoms with Gasteiger partial charge in [-0.1, -0.05) is 60.7 Å². The van der Waals surface area contributed by atoms with Crippen LogP contribution in [0.5, 0.6) is 5.75 Å². The Bertz CT molecular complexity index is 844. The molecule has 0 bridgehead atoms. The number of hydrogen-bond acceptors (Lipinski definition) is 3. The van der Waals surface area contributed by atoms with E-state index in [1.165, 1.54) is 0 Å². The lowest BCUT2D eigenvalue weighted by molar-refractivity contribution is -0.120. The maximum absolute atomic E-state index is 11.8. The molecule has 0 aliphatic rings. The van der Waals surface area contributed by atoms with Crippen LogP contribution in [0.15, 0.2) is 90.0 Å². The molecule has 0 aliphatic heterocycles. The zero-order valence-corrected chi connectivity index (χ0v) is 14.3. The van der Waals surface area contributed by atoms with Crippen LogP contribution >= 0.6 is 0 Å². The van der Waals surface area contributed by atoms with Gasteiger partial charge >= 0.3 is 0 Å². The number of nitrogens with zero attached hydrogens (tertiary/aromatic N) is 1. The molecule has 1 amide bonds.